The summed E-state index contributed by atoms with van der Waals surface area (Å²) in [6, 6.07) is 6.40. The van der Waals surface area contributed by atoms with E-state index in [1.807, 2.05) is 0 Å². The summed E-state index contributed by atoms with van der Waals surface area (Å²) >= 11 is 3.61. The Morgan fingerprint density at radius 3 is 2.94 bits per heavy atom. The summed E-state index contributed by atoms with van der Waals surface area (Å²) in [5.41, 5.74) is 4.08. The minimum atomic E-state index is 0.0477. The number of benzene rings is 1. The molecular formula is C13H15BrN2. The van der Waals surface area contributed by atoms with E-state index in [9.17, 15) is 0 Å². The minimum absolute atomic E-state index is 0.0477. The molecule has 0 saturated heterocycles. The van der Waals surface area contributed by atoms with Gasteiger partial charge < -0.3 is 10.3 Å². The molecule has 3 rings (SSSR count). The molecule has 0 saturated carbocycles. The fraction of sp³-hybridized carbons (Fsp3) is 0.385. The molecule has 2 heterocycles. The fourth-order valence-electron chi connectivity index (χ4n) is 2.62. The van der Waals surface area contributed by atoms with E-state index in [1.54, 1.807) is 0 Å². The van der Waals surface area contributed by atoms with E-state index >= 15 is 0 Å². The SMILES string of the molecule is CC1(C)NCCc2c1[nH]c1c(Br)cccc21. The summed E-state index contributed by atoms with van der Waals surface area (Å²) in [5, 5.41) is 4.91. The van der Waals surface area contributed by atoms with Gasteiger partial charge in [0.25, 0.3) is 0 Å². The summed E-state index contributed by atoms with van der Waals surface area (Å²) < 4.78 is 1.15. The van der Waals surface area contributed by atoms with Crippen LogP contribution in [-0.4, -0.2) is 11.5 Å². The van der Waals surface area contributed by atoms with Gasteiger partial charge in [0.2, 0.25) is 0 Å². The number of hydrogen-bond donors (Lipinski definition) is 2. The molecule has 0 unspecified atom stereocenters. The Morgan fingerprint density at radius 2 is 2.12 bits per heavy atom. The van der Waals surface area contributed by atoms with Crippen molar-refractivity contribution in [1.82, 2.24) is 10.3 Å². The largest absolute Gasteiger partial charge is 0.356 e. The maximum Gasteiger partial charge on any atom is 0.0603 e. The van der Waals surface area contributed by atoms with E-state index in [4.69, 9.17) is 0 Å². The molecule has 2 N–H and O–H groups in total. The van der Waals surface area contributed by atoms with Gasteiger partial charge in [0.05, 0.1) is 11.1 Å². The van der Waals surface area contributed by atoms with Gasteiger partial charge in [-0.2, -0.15) is 0 Å². The van der Waals surface area contributed by atoms with Gasteiger partial charge in [-0.05, 0) is 47.8 Å². The van der Waals surface area contributed by atoms with Crippen molar-refractivity contribution < 1.29 is 0 Å². The van der Waals surface area contributed by atoms with Crippen LogP contribution in [0.4, 0.5) is 0 Å². The second kappa shape index (κ2) is 3.34. The lowest BCUT2D eigenvalue weighted by molar-refractivity contribution is 0.374. The Morgan fingerprint density at radius 1 is 1.31 bits per heavy atom. The third-order valence-corrected chi connectivity index (χ3v) is 4.12. The number of rotatable bonds is 0. The third kappa shape index (κ3) is 1.35. The van der Waals surface area contributed by atoms with Crippen molar-refractivity contribution in [3.8, 4) is 0 Å². The predicted molar refractivity (Wildman–Crippen MR) is 70.7 cm³/mol. The lowest BCUT2D eigenvalue weighted by atomic mass is 9.90. The van der Waals surface area contributed by atoms with Crippen molar-refractivity contribution in [3.05, 3.63) is 33.9 Å². The Hall–Kier alpha value is -0.800. The number of hydrogen-bond acceptors (Lipinski definition) is 1. The third-order valence-electron chi connectivity index (χ3n) is 3.46. The zero-order valence-corrected chi connectivity index (χ0v) is 11.1. The average molecular weight is 279 g/mol. The van der Waals surface area contributed by atoms with Crippen molar-refractivity contribution in [2.75, 3.05) is 6.54 Å². The van der Waals surface area contributed by atoms with Crippen molar-refractivity contribution in [2.24, 2.45) is 0 Å². The normalized spacial score (nSPS) is 18.7. The van der Waals surface area contributed by atoms with Crippen LogP contribution in [0.2, 0.25) is 0 Å². The molecular weight excluding hydrogens is 264 g/mol. The molecule has 0 radical (unpaired) electrons. The summed E-state index contributed by atoms with van der Waals surface area (Å²) in [5.74, 6) is 0. The van der Waals surface area contributed by atoms with E-state index < -0.39 is 0 Å². The van der Waals surface area contributed by atoms with Crippen LogP contribution in [0.15, 0.2) is 22.7 Å². The van der Waals surface area contributed by atoms with Crippen LogP contribution in [0.1, 0.15) is 25.1 Å². The number of H-pyrrole nitrogens is 1. The standard InChI is InChI=1S/C13H15BrN2/c1-13(2)12-9(6-7-15-13)8-4-3-5-10(14)11(8)16-12/h3-5,15-16H,6-7H2,1-2H3. The maximum absolute atomic E-state index is 3.61. The quantitative estimate of drug-likeness (QED) is 0.760. The van der Waals surface area contributed by atoms with Crippen LogP contribution in [0.3, 0.4) is 0 Å². The molecule has 1 aromatic carbocycles. The lowest BCUT2D eigenvalue weighted by Crippen LogP contribution is -2.42. The molecule has 0 atom stereocenters. The van der Waals surface area contributed by atoms with Gasteiger partial charge in [-0.25, -0.2) is 0 Å². The van der Waals surface area contributed by atoms with Crippen molar-refractivity contribution in [1.29, 1.82) is 0 Å². The molecule has 0 bridgehead atoms. The van der Waals surface area contributed by atoms with Crippen LogP contribution in [-0.2, 0) is 12.0 Å². The van der Waals surface area contributed by atoms with E-state index in [-0.39, 0.29) is 5.54 Å². The second-order valence-electron chi connectivity index (χ2n) is 4.94. The maximum atomic E-state index is 3.61. The van der Waals surface area contributed by atoms with Gasteiger partial charge in [-0.3, -0.25) is 0 Å². The van der Waals surface area contributed by atoms with Crippen molar-refractivity contribution >= 4 is 26.8 Å². The van der Waals surface area contributed by atoms with Gasteiger partial charge >= 0.3 is 0 Å². The molecule has 0 amide bonds. The summed E-state index contributed by atoms with van der Waals surface area (Å²) in [4.78, 5) is 3.57. The monoisotopic (exact) mass is 278 g/mol. The van der Waals surface area contributed by atoms with E-state index in [2.05, 4.69) is 58.3 Å². The Bertz CT molecular complexity index is 554. The molecule has 1 aromatic heterocycles. The molecule has 0 spiro atoms. The molecule has 0 fully saturated rings. The highest BCUT2D eigenvalue weighted by atomic mass is 79.9. The average Bonchev–Trinajstić information content (AvgIpc) is 2.60. The van der Waals surface area contributed by atoms with Crippen LogP contribution in [0, 0.1) is 0 Å². The molecule has 84 valence electrons. The number of halogens is 1. The highest BCUT2D eigenvalue weighted by molar-refractivity contribution is 9.10. The molecule has 16 heavy (non-hydrogen) atoms. The number of aromatic nitrogens is 1. The number of aromatic amines is 1. The highest BCUT2D eigenvalue weighted by Crippen LogP contribution is 2.35. The topological polar surface area (TPSA) is 27.8 Å². The van der Waals surface area contributed by atoms with Gasteiger partial charge in [-0.1, -0.05) is 12.1 Å². The predicted octanol–water partition coefficient (Wildman–Crippen LogP) is 3.31. The molecule has 2 aromatic rings. The molecule has 3 heteroatoms. The zero-order valence-electron chi connectivity index (χ0n) is 9.52. The zero-order chi connectivity index (χ0) is 11.3. The van der Waals surface area contributed by atoms with Crippen molar-refractivity contribution in [3.63, 3.8) is 0 Å². The smallest absolute Gasteiger partial charge is 0.0603 e. The number of para-hydroxylation sites is 1. The summed E-state index contributed by atoms with van der Waals surface area (Å²) in [7, 11) is 0. The number of nitrogens with one attached hydrogen (secondary N) is 2. The fourth-order valence-corrected chi connectivity index (χ4v) is 3.08. The molecule has 2 nitrogen and oxygen atoms in total. The van der Waals surface area contributed by atoms with E-state index in [0.29, 0.717) is 0 Å². The van der Waals surface area contributed by atoms with Gasteiger partial charge in [-0.15, -0.1) is 0 Å². The first kappa shape index (κ1) is 10.4. The minimum Gasteiger partial charge on any atom is -0.356 e. The Labute approximate surface area is 104 Å². The van der Waals surface area contributed by atoms with Crippen LogP contribution < -0.4 is 5.32 Å². The first-order valence-corrected chi connectivity index (χ1v) is 6.43. The van der Waals surface area contributed by atoms with E-state index in [0.717, 1.165) is 17.4 Å². The molecule has 0 aliphatic carbocycles. The van der Waals surface area contributed by atoms with Crippen LogP contribution in [0.5, 0.6) is 0 Å². The lowest BCUT2D eigenvalue weighted by Gasteiger charge is -2.31. The van der Waals surface area contributed by atoms with Crippen molar-refractivity contribution in [2.45, 2.75) is 25.8 Å². The first-order valence-electron chi connectivity index (χ1n) is 5.64. The summed E-state index contributed by atoms with van der Waals surface area (Å²) in [6.45, 7) is 5.52. The molecule has 1 aliphatic rings. The summed E-state index contributed by atoms with van der Waals surface area (Å²) in [6.07, 6.45) is 1.11. The van der Waals surface area contributed by atoms with Gasteiger partial charge in [0.15, 0.2) is 0 Å². The van der Waals surface area contributed by atoms with E-state index in [1.165, 1.54) is 22.2 Å². The van der Waals surface area contributed by atoms with Crippen LogP contribution in [0.25, 0.3) is 10.9 Å². The molecule has 1 aliphatic heterocycles. The van der Waals surface area contributed by atoms with Gasteiger partial charge in [0.1, 0.15) is 0 Å². The first-order chi connectivity index (χ1) is 7.59. The van der Waals surface area contributed by atoms with Gasteiger partial charge in [0, 0.05) is 22.1 Å². The van der Waals surface area contributed by atoms with Crippen LogP contribution >= 0.6 is 15.9 Å². The highest BCUT2D eigenvalue weighted by Gasteiger charge is 2.30. The Kier molecular flexibility index (Phi) is 2.17. The Balaban J connectivity index is 2.37. The second-order valence-corrected chi connectivity index (χ2v) is 5.80. The number of fused-ring (bicyclic) bond motifs is 3.